The van der Waals surface area contributed by atoms with Crippen molar-refractivity contribution >= 4 is 5.91 Å². The Labute approximate surface area is 149 Å². The summed E-state index contributed by atoms with van der Waals surface area (Å²) in [4.78, 5) is 19.7. The number of imidazole rings is 1. The molecule has 3 aliphatic rings. The Kier molecular flexibility index (Phi) is 4.82. The van der Waals surface area contributed by atoms with Gasteiger partial charge in [0.05, 0.1) is 19.1 Å². The maximum Gasteiger partial charge on any atom is 0.225 e. The maximum atomic E-state index is 13.1. The van der Waals surface area contributed by atoms with Crippen LogP contribution in [0.2, 0.25) is 0 Å². The summed E-state index contributed by atoms with van der Waals surface area (Å²) in [6.45, 7) is 3.57. The van der Waals surface area contributed by atoms with Gasteiger partial charge in [-0.1, -0.05) is 0 Å². The predicted octanol–water partition coefficient (Wildman–Crippen LogP) is 1.85. The molecule has 138 valence electrons. The number of hydrogen-bond donors (Lipinski definition) is 1. The second-order valence-corrected chi connectivity index (χ2v) is 8.00. The molecule has 1 saturated carbocycles. The number of amides is 1. The molecule has 0 aromatic carbocycles. The van der Waals surface area contributed by atoms with Crippen LogP contribution in [-0.4, -0.2) is 52.2 Å². The smallest absolute Gasteiger partial charge is 0.225 e. The number of rotatable bonds is 5. The number of aromatic nitrogens is 2. The van der Waals surface area contributed by atoms with Crippen molar-refractivity contribution in [1.82, 2.24) is 19.8 Å². The fourth-order valence-corrected chi connectivity index (χ4v) is 4.58. The molecule has 2 saturated heterocycles. The number of ether oxygens (including phenoxy) is 1. The van der Waals surface area contributed by atoms with Crippen molar-refractivity contribution in [1.29, 1.82) is 0 Å². The highest BCUT2D eigenvalue weighted by molar-refractivity contribution is 5.77. The molecule has 4 rings (SSSR count). The molecule has 2 aliphatic heterocycles. The van der Waals surface area contributed by atoms with Crippen LogP contribution < -0.4 is 5.32 Å². The highest BCUT2D eigenvalue weighted by atomic mass is 16.5. The van der Waals surface area contributed by atoms with E-state index < -0.39 is 0 Å². The first-order chi connectivity index (χ1) is 12.2. The summed E-state index contributed by atoms with van der Waals surface area (Å²) < 4.78 is 7.84. The summed E-state index contributed by atoms with van der Waals surface area (Å²) in [5.41, 5.74) is 0.347. The Balaban J connectivity index is 1.47. The van der Waals surface area contributed by atoms with Gasteiger partial charge in [0.25, 0.3) is 0 Å². The van der Waals surface area contributed by atoms with Gasteiger partial charge in [-0.15, -0.1) is 0 Å². The monoisotopic (exact) mass is 346 g/mol. The van der Waals surface area contributed by atoms with Crippen molar-refractivity contribution in [2.24, 2.45) is 12.5 Å². The first-order valence-corrected chi connectivity index (χ1v) is 9.76. The standard InChI is InChI=1S/C19H30N4O2/c1-22-10-9-21-17(22)14-23(16-13-19(16)5-7-20-8-6-19)18(24)12-15-4-2-3-11-25-15/h9-10,15-16,20H,2-8,11-14H2,1H3/t15-,16-/m1/s1. The van der Waals surface area contributed by atoms with Crippen LogP contribution in [0.25, 0.3) is 0 Å². The quantitative estimate of drug-likeness (QED) is 0.884. The van der Waals surface area contributed by atoms with Gasteiger partial charge in [-0.25, -0.2) is 4.98 Å². The molecule has 1 amide bonds. The number of carbonyl (C=O) groups is 1. The van der Waals surface area contributed by atoms with E-state index in [0.29, 0.717) is 24.4 Å². The molecule has 1 aromatic rings. The molecule has 0 unspecified atom stereocenters. The zero-order chi connectivity index (χ0) is 17.3. The van der Waals surface area contributed by atoms with Gasteiger partial charge in [0.1, 0.15) is 5.82 Å². The van der Waals surface area contributed by atoms with Gasteiger partial charge in [0.2, 0.25) is 5.91 Å². The summed E-state index contributed by atoms with van der Waals surface area (Å²) in [6, 6.07) is 0.377. The molecule has 3 fully saturated rings. The van der Waals surface area contributed by atoms with Crippen LogP contribution in [0.5, 0.6) is 0 Å². The van der Waals surface area contributed by atoms with Gasteiger partial charge in [-0.2, -0.15) is 0 Å². The minimum atomic E-state index is 0.104. The van der Waals surface area contributed by atoms with Gasteiger partial charge >= 0.3 is 0 Å². The molecule has 0 radical (unpaired) electrons. The second-order valence-electron chi connectivity index (χ2n) is 8.00. The molecule has 2 atom stereocenters. The summed E-state index contributed by atoms with van der Waals surface area (Å²) in [6.07, 6.45) is 11.2. The van der Waals surface area contributed by atoms with Crippen LogP contribution >= 0.6 is 0 Å². The minimum Gasteiger partial charge on any atom is -0.378 e. The zero-order valence-corrected chi connectivity index (χ0v) is 15.2. The Morgan fingerprint density at radius 3 is 2.96 bits per heavy atom. The predicted molar refractivity (Wildman–Crippen MR) is 94.9 cm³/mol. The van der Waals surface area contributed by atoms with E-state index in [-0.39, 0.29) is 12.0 Å². The van der Waals surface area contributed by atoms with Crippen molar-refractivity contribution in [3.05, 3.63) is 18.2 Å². The van der Waals surface area contributed by atoms with Crippen molar-refractivity contribution in [3.63, 3.8) is 0 Å². The van der Waals surface area contributed by atoms with Crippen LogP contribution in [0.1, 0.15) is 50.8 Å². The highest BCUT2D eigenvalue weighted by Crippen LogP contribution is 2.56. The summed E-state index contributed by atoms with van der Waals surface area (Å²) in [5, 5.41) is 3.45. The zero-order valence-electron chi connectivity index (χ0n) is 15.2. The molecule has 25 heavy (non-hydrogen) atoms. The lowest BCUT2D eigenvalue weighted by Gasteiger charge is -2.31. The lowest BCUT2D eigenvalue weighted by atomic mass is 9.93. The third-order valence-electron chi connectivity index (χ3n) is 6.35. The van der Waals surface area contributed by atoms with E-state index in [1.54, 1.807) is 0 Å². The summed E-state index contributed by atoms with van der Waals surface area (Å²) in [7, 11) is 2.00. The first kappa shape index (κ1) is 17.0. The van der Waals surface area contributed by atoms with E-state index >= 15 is 0 Å². The van der Waals surface area contributed by atoms with E-state index in [1.165, 1.54) is 19.3 Å². The maximum absolute atomic E-state index is 13.1. The number of aryl methyl sites for hydroxylation is 1. The van der Waals surface area contributed by atoms with E-state index in [4.69, 9.17) is 4.74 Å². The topological polar surface area (TPSA) is 59.4 Å². The third-order valence-corrected chi connectivity index (χ3v) is 6.35. The fraction of sp³-hybridized carbons (Fsp3) is 0.789. The fourth-order valence-electron chi connectivity index (χ4n) is 4.58. The molecule has 3 heterocycles. The Bertz CT molecular complexity index is 602. The molecule has 6 heteroatoms. The molecule has 1 N–H and O–H groups in total. The van der Waals surface area contributed by atoms with E-state index in [1.807, 2.05) is 24.0 Å². The summed E-state index contributed by atoms with van der Waals surface area (Å²) >= 11 is 0. The van der Waals surface area contributed by atoms with Crippen molar-refractivity contribution in [2.45, 2.75) is 63.6 Å². The van der Waals surface area contributed by atoms with Gasteiger partial charge in [-0.05, 0) is 57.0 Å². The lowest BCUT2D eigenvalue weighted by Crippen LogP contribution is -2.41. The van der Waals surface area contributed by atoms with Crippen LogP contribution in [0.15, 0.2) is 12.4 Å². The highest BCUT2D eigenvalue weighted by Gasteiger charge is 2.57. The van der Waals surface area contributed by atoms with Crippen LogP contribution in [-0.2, 0) is 23.1 Å². The molecular formula is C19H30N4O2. The lowest BCUT2D eigenvalue weighted by molar-refractivity contribution is -0.137. The minimum absolute atomic E-state index is 0.104. The Morgan fingerprint density at radius 1 is 1.44 bits per heavy atom. The van der Waals surface area contributed by atoms with E-state index in [0.717, 1.165) is 44.8 Å². The normalized spacial score (nSPS) is 28.0. The number of nitrogens with zero attached hydrogens (tertiary/aromatic N) is 3. The van der Waals surface area contributed by atoms with E-state index in [2.05, 4.69) is 15.2 Å². The van der Waals surface area contributed by atoms with Crippen molar-refractivity contribution in [3.8, 4) is 0 Å². The second kappa shape index (κ2) is 7.08. The Hall–Kier alpha value is -1.40. The SMILES string of the molecule is Cn1ccnc1CN(C(=O)C[C@H]1CCCCO1)[C@@H]1CC12CCNCC2. The average molecular weight is 346 g/mol. The van der Waals surface area contributed by atoms with E-state index in [9.17, 15) is 4.79 Å². The Morgan fingerprint density at radius 2 is 2.28 bits per heavy atom. The molecule has 6 nitrogen and oxygen atoms in total. The number of hydrogen-bond acceptors (Lipinski definition) is 4. The summed E-state index contributed by atoms with van der Waals surface area (Å²) in [5.74, 6) is 1.21. The van der Waals surface area contributed by atoms with Crippen molar-refractivity contribution < 1.29 is 9.53 Å². The van der Waals surface area contributed by atoms with Gasteiger partial charge in [-0.3, -0.25) is 4.79 Å². The molecule has 1 spiro atoms. The van der Waals surface area contributed by atoms with Gasteiger partial charge in [0, 0.05) is 32.1 Å². The number of nitrogens with one attached hydrogen (secondary N) is 1. The largest absolute Gasteiger partial charge is 0.378 e. The number of carbonyl (C=O) groups excluding carboxylic acids is 1. The molecule has 0 bridgehead atoms. The van der Waals surface area contributed by atoms with Crippen LogP contribution in [0.4, 0.5) is 0 Å². The van der Waals surface area contributed by atoms with Crippen molar-refractivity contribution in [2.75, 3.05) is 19.7 Å². The average Bonchev–Trinajstić information content (AvgIpc) is 3.14. The molecule has 1 aromatic heterocycles. The van der Waals surface area contributed by atoms with Gasteiger partial charge < -0.3 is 19.5 Å². The number of piperidine rings is 1. The first-order valence-electron chi connectivity index (χ1n) is 9.76. The molecular weight excluding hydrogens is 316 g/mol. The third kappa shape index (κ3) is 3.60. The van der Waals surface area contributed by atoms with Crippen LogP contribution in [0.3, 0.4) is 0 Å². The molecule has 1 aliphatic carbocycles. The van der Waals surface area contributed by atoms with Gasteiger partial charge in [0.15, 0.2) is 0 Å². The van der Waals surface area contributed by atoms with Crippen LogP contribution in [0, 0.1) is 5.41 Å².